The number of benzene rings is 1. The van der Waals surface area contributed by atoms with Crippen LogP contribution in [0.15, 0.2) is 18.2 Å². The minimum atomic E-state index is 0.627. The molecule has 0 aromatic heterocycles. The Bertz CT molecular complexity index is 566. The smallest absolute Gasteiger partial charge is 0.137 e. The molecule has 1 saturated carbocycles. The minimum Gasteiger partial charge on any atom is -0.492 e. The lowest BCUT2D eigenvalue weighted by Crippen LogP contribution is -2.13. The lowest BCUT2D eigenvalue weighted by atomic mass is 9.77. The van der Waals surface area contributed by atoms with E-state index in [1.54, 1.807) is 0 Å². The van der Waals surface area contributed by atoms with Crippen LogP contribution < -0.4 is 4.74 Å². The van der Waals surface area contributed by atoms with E-state index in [0.29, 0.717) is 11.5 Å². The average Bonchev–Trinajstić information content (AvgIpc) is 2.71. The van der Waals surface area contributed by atoms with Gasteiger partial charge >= 0.3 is 0 Å². The fraction of sp³-hybridized carbons (Fsp3) is 0.720. The second-order valence-corrected chi connectivity index (χ2v) is 8.34. The second-order valence-electron chi connectivity index (χ2n) is 8.34. The zero-order valence-electron chi connectivity index (χ0n) is 17.6. The molecule has 27 heavy (non-hydrogen) atoms. The molecule has 150 valence electrons. The highest BCUT2D eigenvalue weighted by molar-refractivity contribution is 5.46. The maximum Gasteiger partial charge on any atom is 0.137 e. The maximum absolute atomic E-state index is 9.53. The van der Waals surface area contributed by atoms with Crippen molar-refractivity contribution >= 4 is 0 Å². The van der Waals surface area contributed by atoms with E-state index in [0.717, 1.165) is 24.7 Å². The summed E-state index contributed by atoms with van der Waals surface area (Å²) in [5.74, 6) is 2.32. The molecule has 2 rings (SSSR count). The highest BCUT2D eigenvalue weighted by atomic mass is 16.5. The molecular weight excluding hydrogens is 330 g/mol. The van der Waals surface area contributed by atoms with Gasteiger partial charge in [-0.2, -0.15) is 5.26 Å². The van der Waals surface area contributed by atoms with E-state index in [1.807, 2.05) is 6.07 Å². The summed E-state index contributed by atoms with van der Waals surface area (Å²) in [4.78, 5) is 0. The highest BCUT2D eigenvalue weighted by Crippen LogP contribution is 2.38. The second kappa shape index (κ2) is 12.8. The van der Waals surface area contributed by atoms with Crippen molar-refractivity contribution in [3.63, 3.8) is 0 Å². The van der Waals surface area contributed by atoms with Crippen molar-refractivity contribution in [1.82, 2.24) is 0 Å². The highest BCUT2D eigenvalue weighted by Gasteiger charge is 2.22. The Morgan fingerprint density at radius 3 is 2.30 bits per heavy atom. The Morgan fingerprint density at radius 2 is 1.63 bits per heavy atom. The number of hydrogen-bond donors (Lipinski definition) is 0. The molecule has 1 aromatic carbocycles. The molecule has 0 saturated heterocycles. The Labute approximate surface area is 167 Å². The van der Waals surface area contributed by atoms with Crippen molar-refractivity contribution in [2.24, 2.45) is 5.92 Å². The van der Waals surface area contributed by atoms with E-state index >= 15 is 0 Å². The summed E-state index contributed by atoms with van der Waals surface area (Å²) >= 11 is 0. The zero-order valence-corrected chi connectivity index (χ0v) is 17.6. The predicted molar refractivity (Wildman–Crippen MR) is 114 cm³/mol. The van der Waals surface area contributed by atoms with Crippen LogP contribution in [0.5, 0.6) is 5.75 Å². The molecule has 1 fully saturated rings. The van der Waals surface area contributed by atoms with Gasteiger partial charge in [0.25, 0.3) is 0 Å². The monoisotopic (exact) mass is 369 g/mol. The summed E-state index contributed by atoms with van der Waals surface area (Å²) < 4.78 is 5.88. The van der Waals surface area contributed by atoms with Crippen LogP contribution in [0.4, 0.5) is 0 Å². The van der Waals surface area contributed by atoms with Crippen molar-refractivity contribution < 1.29 is 4.74 Å². The van der Waals surface area contributed by atoms with Gasteiger partial charge in [-0.1, -0.05) is 71.3 Å². The first-order chi connectivity index (χ1) is 13.3. The summed E-state index contributed by atoms with van der Waals surface area (Å²) in [6, 6.07) is 8.68. The quantitative estimate of drug-likeness (QED) is 0.353. The average molecular weight is 370 g/mol. The Hall–Kier alpha value is -1.49. The van der Waals surface area contributed by atoms with Crippen LogP contribution >= 0.6 is 0 Å². The molecule has 0 atom stereocenters. The van der Waals surface area contributed by atoms with Crippen molar-refractivity contribution in [1.29, 1.82) is 5.26 Å². The van der Waals surface area contributed by atoms with Crippen LogP contribution in [0.25, 0.3) is 0 Å². The van der Waals surface area contributed by atoms with Gasteiger partial charge in [0, 0.05) is 0 Å². The summed E-state index contributed by atoms with van der Waals surface area (Å²) in [6.07, 6.45) is 17.0. The van der Waals surface area contributed by atoms with Crippen LogP contribution in [0, 0.1) is 17.2 Å². The van der Waals surface area contributed by atoms with Crippen LogP contribution in [0.2, 0.25) is 0 Å². The van der Waals surface area contributed by atoms with Crippen molar-refractivity contribution in [2.45, 2.75) is 103 Å². The van der Waals surface area contributed by atoms with Crippen LogP contribution in [0.1, 0.15) is 114 Å². The van der Waals surface area contributed by atoms with Crippen LogP contribution in [0.3, 0.4) is 0 Å². The van der Waals surface area contributed by atoms with Gasteiger partial charge in [-0.3, -0.25) is 0 Å². The van der Waals surface area contributed by atoms with E-state index in [1.165, 1.54) is 82.6 Å². The molecule has 0 heterocycles. The Kier molecular flexibility index (Phi) is 10.4. The van der Waals surface area contributed by atoms with Crippen molar-refractivity contribution in [3.05, 3.63) is 29.3 Å². The fourth-order valence-corrected chi connectivity index (χ4v) is 4.37. The van der Waals surface area contributed by atoms with Gasteiger partial charge in [-0.15, -0.1) is 0 Å². The van der Waals surface area contributed by atoms with E-state index in [4.69, 9.17) is 4.74 Å². The molecule has 0 N–H and O–H groups in total. The lowest BCUT2D eigenvalue weighted by molar-refractivity contribution is 0.299. The summed E-state index contributed by atoms with van der Waals surface area (Å²) in [5, 5.41) is 9.53. The van der Waals surface area contributed by atoms with E-state index in [9.17, 15) is 5.26 Å². The molecule has 0 bridgehead atoms. The molecule has 1 aromatic rings. The first-order valence-electron chi connectivity index (χ1n) is 11.4. The molecule has 0 spiro atoms. The molecular formula is C25H39NO. The van der Waals surface area contributed by atoms with Gasteiger partial charge in [0.2, 0.25) is 0 Å². The number of nitriles is 1. The third kappa shape index (κ3) is 7.57. The van der Waals surface area contributed by atoms with Gasteiger partial charge in [0.05, 0.1) is 12.2 Å². The zero-order chi connectivity index (χ0) is 19.3. The summed E-state index contributed by atoms with van der Waals surface area (Å²) in [7, 11) is 0. The normalized spacial score (nSPS) is 19.6. The standard InChI is InChI=1S/C25H39NO/c1-3-5-7-9-11-21-12-14-22(15-13-21)23-16-17-25(24(19-23)20-26)27-18-10-8-6-4-2/h16-17,19,21-22H,3-15,18H2,1-2H3/t21-,22-. The van der Waals surface area contributed by atoms with Gasteiger partial charge < -0.3 is 4.74 Å². The molecule has 1 aliphatic rings. The predicted octanol–water partition coefficient (Wildman–Crippen LogP) is 7.76. The molecule has 2 nitrogen and oxygen atoms in total. The first-order valence-corrected chi connectivity index (χ1v) is 11.4. The topological polar surface area (TPSA) is 33.0 Å². The van der Waals surface area contributed by atoms with Crippen LogP contribution in [-0.4, -0.2) is 6.61 Å². The minimum absolute atomic E-state index is 0.627. The fourth-order valence-electron chi connectivity index (χ4n) is 4.37. The molecule has 2 heteroatoms. The maximum atomic E-state index is 9.53. The number of nitrogens with zero attached hydrogens (tertiary/aromatic N) is 1. The summed E-state index contributed by atoms with van der Waals surface area (Å²) in [6.45, 7) is 5.22. The number of hydrogen-bond acceptors (Lipinski definition) is 2. The number of ether oxygens (including phenoxy) is 1. The van der Waals surface area contributed by atoms with Gasteiger partial charge in [0.15, 0.2) is 0 Å². The van der Waals surface area contributed by atoms with E-state index < -0.39 is 0 Å². The molecule has 0 amide bonds. The van der Waals surface area contributed by atoms with Crippen molar-refractivity contribution in [2.75, 3.05) is 6.61 Å². The van der Waals surface area contributed by atoms with Crippen LogP contribution in [-0.2, 0) is 0 Å². The molecule has 1 aliphatic carbocycles. The van der Waals surface area contributed by atoms with Gasteiger partial charge in [-0.05, 0) is 61.6 Å². The molecule has 0 unspecified atom stereocenters. The van der Waals surface area contributed by atoms with Gasteiger partial charge in [0.1, 0.15) is 11.8 Å². The Balaban J connectivity index is 1.80. The van der Waals surface area contributed by atoms with Crippen molar-refractivity contribution in [3.8, 4) is 11.8 Å². The van der Waals surface area contributed by atoms with E-state index in [-0.39, 0.29) is 0 Å². The number of unbranched alkanes of at least 4 members (excludes halogenated alkanes) is 6. The SMILES string of the molecule is CCCCCCOc1ccc([C@H]2CC[C@H](CCCCCC)CC2)cc1C#N. The Morgan fingerprint density at radius 1 is 0.926 bits per heavy atom. The molecule has 0 aliphatic heterocycles. The third-order valence-electron chi connectivity index (χ3n) is 6.16. The number of rotatable bonds is 12. The summed E-state index contributed by atoms with van der Waals surface area (Å²) in [5.41, 5.74) is 2.05. The third-order valence-corrected chi connectivity index (χ3v) is 6.16. The largest absolute Gasteiger partial charge is 0.492 e. The lowest BCUT2D eigenvalue weighted by Gasteiger charge is -2.29. The van der Waals surface area contributed by atoms with Gasteiger partial charge in [-0.25, -0.2) is 0 Å². The van der Waals surface area contributed by atoms with E-state index in [2.05, 4.69) is 32.0 Å². The first kappa shape index (κ1) is 21.8. The molecule has 0 radical (unpaired) electrons.